The molecule has 0 aromatic heterocycles. The van der Waals surface area contributed by atoms with Crippen molar-refractivity contribution in [2.45, 2.75) is 418 Å². The molecule has 0 amide bonds. The monoisotopic (exact) mass is 1070 g/mol. The molecule has 0 bridgehead atoms. The number of rotatable bonds is 37. The van der Waals surface area contributed by atoms with Crippen molar-refractivity contribution in [1.29, 1.82) is 0 Å². The zero-order valence-corrected chi connectivity index (χ0v) is 59.2. The maximum atomic E-state index is 3.68. The van der Waals surface area contributed by atoms with Crippen LogP contribution in [0.3, 0.4) is 0 Å². The lowest BCUT2D eigenvalue weighted by molar-refractivity contribution is 0.165. The summed E-state index contributed by atoms with van der Waals surface area (Å²) in [6.45, 7) is 66.5. The Morgan fingerprint density at radius 2 is 0.520 bits per heavy atom. The summed E-state index contributed by atoms with van der Waals surface area (Å²) in [6.07, 6.45) is 55.4. The number of allylic oxidation sites excluding steroid dienone is 2. The van der Waals surface area contributed by atoms with Gasteiger partial charge in [0.05, 0.1) is 0 Å². The molecule has 0 heteroatoms. The molecule has 0 aromatic carbocycles. The van der Waals surface area contributed by atoms with Crippen LogP contribution in [0.4, 0.5) is 0 Å². The average molecular weight is 1070 g/mol. The molecular formula is C75H164. The van der Waals surface area contributed by atoms with E-state index in [1.54, 1.807) is 0 Å². The molecule has 0 saturated carbocycles. The van der Waals surface area contributed by atoms with E-state index in [2.05, 4.69) is 193 Å². The predicted molar refractivity (Wildman–Crippen MR) is 365 cm³/mol. The molecule has 0 aliphatic carbocycles. The van der Waals surface area contributed by atoms with Crippen LogP contribution in [0.25, 0.3) is 0 Å². The number of unbranched alkanes of at least 4 members (excludes halogenated alkanes) is 27. The van der Waals surface area contributed by atoms with Gasteiger partial charge in [-0.1, -0.05) is 398 Å². The third kappa shape index (κ3) is 122. The fourth-order valence-electron chi connectivity index (χ4n) is 7.96. The minimum Gasteiger partial charge on any atom is -0.103 e. The second-order valence-electron chi connectivity index (χ2n) is 26.4. The minimum absolute atomic E-state index is 0.500. The van der Waals surface area contributed by atoms with Gasteiger partial charge in [-0.3, -0.25) is 0 Å². The van der Waals surface area contributed by atoms with Crippen LogP contribution in [0.5, 0.6) is 0 Å². The summed E-state index contributed by atoms with van der Waals surface area (Å²) in [5, 5.41) is 0. The van der Waals surface area contributed by atoms with Gasteiger partial charge in [0, 0.05) is 0 Å². The first-order valence-corrected chi connectivity index (χ1v) is 34.5. The van der Waals surface area contributed by atoms with Gasteiger partial charge < -0.3 is 0 Å². The molecule has 0 saturated heterocycles. The van der Waals surface area contributed by atoms with Crippen LogP contribution in [0.15, 0.2) is 25.3 Å². The number of hydrogen-bond acceptors (Lipinski definition) is 0. The van der Waals surface area contributed by atoms with E-state index in [1.165, 1.54) is 238 Å². The molecule has 0 heterocycles. The lowest BCUT2D eigenvalue weighted by atomic mass is 9.72. The van der Waals surface area contributed by atoms with E-state index >= 15 is 0 Å². The van der Waals surface area contributed by atoms with Crippen molar-refractivity contribution in [2.24, 2.45) is 46.3 Å². The van der Waals surface area contributed by atoms with E-state index in [1.807, 2.05) is 12.2 Å². The van der Waals surface area contributed by atoms with Crippen LogP contribution in [-0.2, 0) is 0 Å². The molecule has 75 heavy (non-hydrogen) atoms. The van der Waals surface area contributed by atoms with Crippen LogP contribution < -0.4 is 0 Å². The molecule has 0 spiro atoms. The smallest absolute Gasteiger partial charge is 0.0308 e. The van der Waals surface area contributed by atoms with Crippen molar-refractivity contribution >= 4 is 0 Å². The number of hydrogen-bond donors (Lipinski definition) is 0. The highest BCUT2D eigenvalue weighted by molar-refractivity contribution is 4.75. The van der Waals surface area contributed by atoms with Gasteiger partial charge >= 0.3 is 0 Å². The molecule has 0 aromatic rings. The van der Waals surface area contributed by atoms with Gasteiger partial charge in [-0.05, 0) is 78.4 Å². The molecule has 1 atom stereocenters. The largest absolute Gasteiger partial charge is 0.103 e. The topological polar surface area (TPSA) is 0 Å². The SMILES string of the molecule is C=CCCCCCC.C=CCCCCCCC.CC(C)C(C)(C)C(C)C.CC(C)CC(C)(C)C.CCCC(C)C.CCCC(C)C(C)C.CCCCCCCC.CCCCCCCCC.CCCCCCCCCC. The Bertz CT molecular complexity index is 846. The normalized spacial score (nSPS) is 11.0. The molecule has 0 rings (SSSR count). The first-order valence-electron chi connectivity index (χ1n) is 34.5. The van der Waals surface area contributed by atoms with Crippen molar-refractivity contribution in [3.63, 3.8) is 0 Å². The molecule has 0 N–H and O–H groups in total. The minimum atomic E-state index is 0.500. The van der Waals surface area contributed by atoms with E-state index < -0.39 is 0 Å². The van der Waals surface area contributed by atoms with Gasteiger partial charge in [-0.2, -0.15) is 0 Å². The van der Waals surface area contributed by atoms with E-state index in [-0.39, 0.29) is 0 Å². The Kier molecular flexibility index (Phi) is 103. The highest BCUT2D eigenvalue weighted by Gasteiger charge is 2.25. The fraction of sp³-hybridized carbons (Fsp3) is 0.947. The Morgan fingerprint density at radius 3 is 0.627 bits per heavy atom. The first kappa shape index (κ1) is 93.8. The average Bonchev–Trinajstić information content (AvgIpc) is 3.34. The predicted octanol–water partition coefficient (Wildman–Crippen LogP) is 29.9. The van der Waals surface area contributed by atoms with Crippen molar-refractivity contribution in [3.05, 3.63) is 25.3 Å². The lowest BCUT2D eigenvalue weighted by Gasteiger charge is -2.33. The standard InChI is InChI=1S/C10H22.2C9H20.C9H18.3C8H18.C8H16.C6H14/c1-3-5-7-9-10-8-6-4-2;1-7(2)9(5,6)8(3)4;2*1-3-5-7-9-8-6-4-2;1-7(2)6-8(3,4)5;1-5-6-8(4)7(2)3;2*1-3-5-7-8-6-4-2;1-4-5-6(2)3/h3-10H2,1-2H3;7-8H,1-6H3;3-9H2,1-2H3;3H,1,4-9H2,2H3;7H,6H2,1-5H3;7-8H,5-6H2,1-4H3;3-8H2,1-2H3;3H,1,4-8H2,2H3;6H,4-5H2,1-3H3. The molecule has 0 nitrogen and oxygen atoms in total. The van der Waals surface area contributed by atoms with E-state index in [9.17, 15) is 0 Å². The third-order valence-corrected chi connectivity index (χ3v) is 14.6. The summed E-state index contributed by atoms with van der Waals surface area (Å²) in [7, 11) is 0. The maximum Gasteiger partial charge on any atom is -0.0308 e. The van der Waals surface area contributed by atoms with Crippen molar-refractivity contribution in [2.75, 3.05) is 0 Å². The Morgan fingerprint density at radius 1 is 0.293 bits per heavy atom. The lowest BCUT2D eigenvalue weighted by Crippen LogP contribution is -2.25. The molecular weight excluding hydrogens is 901 g/mol. The van der Waals surface area contributed by atoms with Gasteiger partial charge in [-0.25, -0.2) is 0 Å². The van der Waals surface area contributed by atoms with Gasteiger partial charge in [0.15, 0.2) is 0 Å². The van der Waals surface area contributed by atoms with E-state index in [0.29, 0.717) is 10.8 Å². The zero-order chi connectivity index (χ0) is 60.0. The molecule has 0 aliphatic heterocycles. The molecule has 1 unspecified atom stereocenters. The van der Waals surface area contributed by atoms with Crippen molar-refractivity contribution in [3.8, 4) is 0 Å². The molecule has 0 radical (unpaired) electrons. The maximum absolute atomic E-state index is 3.68. The van der Waals surface area contributed by atoms with Crippen LogP contribution in [0.2, 0.25) is 0 Å². The van der Waals surface area contributed by atoms with Crippen LogP contribution in [-0.4, -0.2) is 0 Å². The fourth-order valence-corrected chi connectivity index (χ4v) is 7.96. The van der Waals surface area contributed by atoms with Gasteiger partial charge in [-0.15, -0.1) is 13.2 Å². The summed E-state index contributed by atoms with van der Waals surface area (Å²) in [5.74, 6) is 5.11. The highest BCUT2D eigenvalue weighted by Crippen LogP contribution is 2.34. The van der Waals surface area contributed by atoms with Gasteiger partial charge in [0.25, 0.3) is 0 Å². The van der Waals surface area contributed by atoms with Crippen LogP contribution in [0.1, 0.15) is 418 Å². The second-order valence-corrected chi connectivity index (χ2v) is 26.4. The summed E-state index contributed by atoms with van der Waals surface area (Å²) in [5.41, 5.74) is 1.02. The molecule has 464 valence electrons. The zero-order valence-electron chi connectivity index (χ0n) is 59.2. The van der Waals surface area contributed by atoms with E-state index in [4.69, 9.17) is 0 Å². The first-order chi connectivity index (χ1) is 35.3. The van der Waals surface area contributed by atoms with Crippen molar-refractivity contribution < 1.29 is 0 Å². The Labute approximate surface area is 486 Å². The van der Waals surface area contributed by atoms with Crippen LogP contribution in [0, 0.1) is 46.3 Å². The Balaban J connectivity index is -0.0000000936. The van der Waals surface area contributed by atoms with Crippen LogP contribution >= 0.6 is 0 Å². The summed E-state index contributed by atoms with van der Waals surface area (Å²) >= 11 is 0. The molecule has 0 aliphatic rings. The van der Waals surface area contributed by atoms with Gasteiger partial charge in [0.2, 0.25) is 0 Å². The highest BCUT2D eigenvalue weighted by atomic mass is 14.3. The molecule has 0 fully saturated rings. The summed E-state index contributed by atoms with van der Waals surface area (Å²) < 4.78 is 0. The van der Waals surface area contributed by atoms with Gasteiger partial charge in [0.1, 0.15) is 0 Å². The third-order valence-electron chi connectivity index (χ3n) is 14.6. The quantitative estimate of drug-likeness (QED) is 0.0430. The Hall–Kier alpha value is -0.520. The summed E-state index contributed by atoms with van der Waals surface area (Å²) in [4.78, 5) is 0. The van der Waals surface area contributed by atoms with E-state index in [0.717, 1.165) is 35.5 Å². The van der Waals surface area contributed by atoms with Crippen molar-refractivity contribution in [1.82, 2.24) is 0 Å². The summed E-state index contributed by atoms with van der Waals surface area (Å²) in [6, 6.07) is 0. The second kappa shape index (κ2) is 82.3.